The minimum atomic E-state index is 0.0111. The van der Waals surface area contributed by atoms with Gasteiger partial charge in [0.15, 0.2) is 11.6 Å². The van der Waals surface area contributed by atoms with Gasteiger partial charge in [0.05, 0.1) is 12.9 Å². The molecule has 0 N–H and O–H groups in total. The summed E-state index contributed by atoms with van der Waals surface area (Å²) in [5, 5.41) is 0. The van der Waals surface area contributed by atoms with Crippen LogP contribution in [0.1, 0.15) is 12.8 Å². The predicted octanol–water partition coefficient (Wildman–Crippen LogP) is 2.12. The van der Waals surface area contributed by atoms with Crippen LogP contribution >= 0.6 is 0 Å². The third-order valence-electron chi connectivity index (χ3n) is 1.88. The van der Waals surface area contributed by atoms with Crippen LogP contribution in [0.25, 0.3) is 0 Å². The molecule has 1 aliphatic heterocycles. The van der Waals surface area contributed by atoms with Crippen LogP contribution in [0.5, 0.6) is 0 Å². The minimum absolute atomic E-state index is 0.0111. The molecular weight excluding hydrogens is 204 g/mol. The van der Waals surface area contributed by atoms with Crippen molar-refractivity contribution in [3.05, 3.63) is 48.8 Å². The summed E-state index contributed by atoms with van der Waals surface area (Å²) in [6, 6.07) is 0. The standard InChI is InChI=1S/C13H14O3/c14-12-6-2-1-3-7-13(15)9-11-16-10-5-4-8-12/h1-5,7-8,10H,6,9,11H2. The highest BCUT2D eigenvalue weighted by Crippen LogP contribution is 1.94. The lowest BCUT2D eigenvalue weighted by molar-refractivity contribution is -0.115. The molecule has 0 fully saturated rings. The van der Waals surface area contributed by atoms with Crippen molar-refractivity contribution in [2.45, 2.75) is 12.8 Å². The van der Waals surface area contributed by atoms with E-state index in [1.807, 2.05) is 0 Å². The van der Waals surface area contributed by atoms with E-state index in [4.69, 9.17) is 4.74 Å². The lowest BCUT2D eigenvalue weighted by Gasteiger charge is -1.96. The maximum Gasteiger partial charge on any atom is 0.159 e. The molecule has 0 amide bonds. The summed E-state index contributed by atoms with van der Waals surface area (Å²) in [4.78, 5) is 22.4. The molecule has 0 spiro atoms. The van der Waals surface area contributed by atoms with E-state index in [1.54, 1.807) is 30.4 Å². The van der Waals surface area contributed by atoms with Gasteiger partial charge in [0.1, 0.15) is 0 Å². The Bertz CT molecular complexity index is 359. The molecule has 0 saturated heterocycles. The van der Waals surface area contributed by atoms with Crippen LogP contribution < -0.4 is 0 Å². The monoisotopic (exact) mass is 218 g/mol. The summed E-state index contributed by atoms with van der Waals surface area (Å²) >= 11 is 0. The van der Waals surface area contributed by atoms with Crippen molar-refractivity contribution >= 4 is 11.6 Å². The summed E-state index contributed by atoms with van der Waals surface area (Å²) in [7, 11) is 0. The third kappa shape index (κ3) is 5.75. The Kier molecular flexibility index (Phi) is 5.63. The summed E-state index contributed by atoms with van der Waals surface area (Å²) in [5.74, 6) is 0.0228. The fraction of sp³-hybridized carbons (Fsp3) is 0.231. The van der Waals surface area contributed by atoms with Gasteiger partial charge in [-0.1, -0.05) is 24.3 Å². The first-order chi connectivity index (χ1) is 7.79. The molecule has 0 saturated carbocycles. The molecular formula is C13H14O3. The largest absolute Gasteiger partial charge is 0.501 e. The van der Waals surface area contributed by atoms with Crippen LogP contribution in [0.15, 0.2) is 48.8 Å². The molecule has 3 nitrogen and oxygen atoms in total. The predicted molar refractivity (Wildman–Crippen MR) is 61.8 cm³/mol. The first-order valence-electron chi connectivity index (χ1n) is 5.13. The van der Waals surface area contributed by atoms with Gasteiger partial charge in [-0.3, -0.25) is 9.59 Å². The van der Waals surface area contributed by atoms with Gasteiger partial charge in [0.2, 0.25) is 0 Å². The van der Waals surface area contributed by atoms with Crippen LogP contribution in [0, 0.1) is 0 Å². The second-order valence-corrected chi connectivity index (χ2v) is 3.23. The molecule has 84 valence electrons. The molecule has 0 aliphatic carbocycles. The van der Waals surface area contributed by atoms with Crippen LogP contribution in [-0.2, 0) is 14.3 Å². The van der Waals surface area contributed by atoms with Gasteiger partial charge in [0, 0.05) is 12.8 Å². The van der Waals surface area contributed by atoms with Crippen molar-refractivity contribution in [1.82, 2.24) is 0 Å². The first kappa shape index (κ1) is 12.2. The van der Waals surface area contributed by atoms with Crippen molar-refractivity contribution in [2.24, 2.45) is 0 Å². The van der Waals surface area contributed by atoms with Gasteiger partial charge in [-0.25, -0.2) is 0 Å². The highest BCUT2D eigenvalue weighted by atomic mass is 16.5. The Labute approximate surface area is 94.8 Å². The van der Waals surface area contributed by atoms with Crippen LogP contribution in [0.3, 0.4) is 0 Å². The molecule has 0 aromatic rings. The van der Waals surface area contributed by atoms with E-state index in [-0.39, 0.29) is 11.6 Å². The van der Waals surface area contributed by atoms with Crippen molar-refractivity contribution in [3.8, 4) is 0 Å². The third-order valence-corrected chi connectivity index (χ3v) is 1.88. The molecule has 0 aromatic heterocycles. The SMILES string of the molecule is O=C1C=CC=COCCC(=O)C=CC=CC1. The second kappa shape index (κ2) is 7.40. The van der Waals surface area contributed by atoms with Gasteiger partial charge in [0.25, 0.3) is 0 Å². The number of hydrogen-bond donors (Lipinski definition) is 0. The fourth-order valence-electron chi connectivity index (χ4n) is 1.07. The zero-order chi connectivity index (χ0) is 11.6. The Morgan fingerprint density at radius 2 is 1.69 bits per heavy atom. The van der Waals surface area contributed by atoms with Crippen molar-refractivity contribution < 1.29 is 14.3 Å². The summed E-state index contributed by atoms with van der Waals surface area (Å²) in [6.07, 6.45) is 13.5. The topological polar surface area (TPSA) is 43.4 Å². The maximum atomic E-state index is 11.2. The summed E-state index contributed by atoms with van der Waals surface area (Å²) in [5.41, 5.74) is 0. The number of rotatable bonds is 0. The zero-order valence-corrected chi connectivity index (χ0v) is 8.96. The number of hydrogen-bond acceptors (Lipinski definition) is 3. The van der Waals surface area contributed by atoms with Gasteiger partial charge in [-0.05, 0) is 18.2 Å². The Balaban J connectivity index is 2.61. The maximum absolute atomic E-state index is 11.2. The number of carbonyl (C=O) groups is 2. The highest BCUT2D eigenvalue weighted by molar-refractivity contribution is 5.91. The Morgan fingerprint density at radius 3 is 2.56 bits per heavy atom. The average molecular weight is 218 g/mol. The quantitative estimate of drug-likeness (QED) is 0.625. The smallest absolute Gasteiger partial charge is 0.159 e. The second-order valence-electron chi connectivity index (χ2n) is 3.23. The van der Waals surface area contributed by atoms with E-state index in [2.05, 4.69) is 0 Å². The van der Waals surface area contributed by atoms with E-state index >= 15 is 0 Å². The molecule has 0 atom stereocenters. The Morgan fingerprint density at radius 1 is 0.938 bits per heavy atom. The number of ketones is 2. The van der Waals surface area contributed by atoms with E-state index in [0.717, 1.165) is 0 Å². The van der Waals surface area contributed by atoms with E-state index in [0.29, 0.717) is 19.4 Å². The normalized spacial score (nSPS) is 18.2. The van der Waals surface area contributed by atoms with Crippen molar-refractivity contribution in [2.75, 3.05) is 6.61 Å². The number of ether oxygens (including phenoxy) is 1. The van der Waals surface area contributed by atoms with Gasteiger partial charge in [-0.15, -0.1) is 0 Å². The number of carbonyl (C=O) groups excluding carboxylic acids is 2. The molecule has 0 bridgehead atoms. The molecule has 3 heteroatoms. The van der Waals surface area contributed by atoms with Crippen LogP contribution in [0.4, 0.5) is 0 Å². The molecule has 0 aromatic carbocycles. The molecule has 1 rings (SSSR count). The van der Waals surface area contributed by atoms with Crippen molar-refractivity contribution in [3.63, 3.8) is 0 Å². The zero-order valence-electron chi connectivity index (χ0n) is 8.96. The molecule has 0 unspecified atom stereocenters. The lowest BCUT2D eigenvalue weighted by Crippen LogP contribution is -1.98. The Hall–Kier alpha value is -1.90. The van der Waals surface area contributed by atoms with E-state index in [9.17, 15) is 9.59 Å². The highest BCUT2D eigenvalue weighted by Gasteiger charge is 1.95. The van der Waals surface area contributed by atoms with Gasteiger partial charge < -0.3 is 4.74 Å². The molecule has 16 heavy (non-hydrogen) atoms. The van der Waals surface area contributed by atoms with Crippen LogP contribution in [-0.4, -0.2) is 18.2 Å². The lowest BCUT2D eigenvalue weighted by atomic mass is 10.2. The summed E-state index contributed by atoms with van der Waals surface area (Å²) < 4.78 is 5.07. The first-order valence-corrected chi connectivity index (χ1v) is 5.13. The minimum Gasteiger partial charge on any atom is -0.501 e. The van der Waals surface area contributed by atoms with Gasteiger partial charge in [-0.2, -0.15) is 0 Å². The fourth-order valence-corrected chi connectivity index (χ4v) is 1.07. The summed E-state index contributed by atoms with van der Waals surface area (Å²) in [6.45, 7) is 0.352. The van der Waals surface area contributed by atoms with E-state index < -0.39 is 0 Å². The number of allylic oxidation sites excluding steroid dienone is 7. The molecule has 1 heterocycles. The van der Waals surface area contributed by atoms with Crippen molar-refractivity contribution in [1.29, 1.82) is 0 Å². The molecule has 0 radical (unpaired) electrons. The average Bonchev–Trinajstić information content (AvgIpc) is 2.26. The van der Waals surface area contributed by atoms with E-state index in [1.165, 1.54) is 18.4 Å². The molecule has 1 aliphatic rings. The van der Waals surface area contributed by atoms with Gasteiger partial charge >= 0.3 is 0 Å². The van der Waals surface area contributed by atoms with Crippen LogP contribution in [0.2, 0.25) is 0 Å².